The van der Waals surface area contributed by atoms with Crippen molar-refractivity contribution >= 4 is 52.7 Å². The fourth-order valence-corrected chi connectivity index (χ4v) is 9.68. The number of alkyl halides is 3. The van der Waals surface area contributed by atoms with E-state index in [9.17, 15) is 32.3 Å². The van der Waals surface area contributed by atoms with Crippen LogP contribution in [0, 0.1) is 11.3 Å². The quantitative estimate of drug-likeness (QED) is 0.121. The topological polar surface area (TPSA) is 151 Å². The molecular formula is C41H51F3N8O5S. The van der Waals surface area contributed by atoms with E-state index in [1.165, 1.54) is 6.07 Å². The van der Waals surface area contributed by atoms with Gasteiger partial charge in [0.25, 0.3) is 5.91 Å². The third-order valence-electron chi connectivity index (χ3n) is 11.9. The maximum atomic E-state index is 13.7. The van der Waals surface area contributed by atoms with Crippen molar-refractivity contribution < 1.29 is 37.1 Å². The van der Waals surface area contributed by atoms with Crippen molar-refractivity contribution in [3.05, 3.63) is 53.3 Å². The fraction of sp³-hybridized carbons (Fsp3) is 0.585. The first kappa shape index (κ1) is 43.1. The molecule has 4 heterocycles. The minimum absolute atomic E-state index is 0.0450. The Morgan fingerprint density at radius 3 is 2.36 bits per heavy atom. The van der Waals surface area contributed by atoms with E-state index in [-0.39, 0.29) is 58.8 Å². The Hall–Kier alpha value is -4.50. The maximum absolute atomic E-state index is 13.7. The van der Waals surface area contributed by atoms with E-state index in [0.717, 1.165) is 73.6 Å². The minimum Gasteiger partial charge on any atom is -0.383 e. The van der Waals surface area contributed by atoms with Gasteiger partial charge in [-0.3, -0.25) is 29.5 Å². The van der Waals surface area contributed by atoms with Gasteiger partial charge in [0, 0.05) is 63.0 Å². The molecule has 4 aliphatic rings. The summed E-state index contributed by atoms with van der Waals surface area (Å²) in [4.78, 5) is 61.0. The number of pyridine rings is 1. The zero-order chi connectivity index (χ0) is 41.9. The van der Waals surface area contributed by atoms with Gasteiger partial charge >= 0.3 is 6.18 Å². The number of ether oxygens (including phenoxy) is 1. The van der Waals surface area contributed by atoms with Crippen LogP contribution in [0.15, 0.2) is 36.5 Å². The minimum atomic E-state index is -4.82. The number of carbonyl (C=O) groups excluding carboxylic acids is 4. The van der Waals surface area contributed by atoms with Gasteiger partial charge in [0.15, 0.2) is 10.8 Å². The van der Waals surface area contributed by atoms with E-state index in [0.29, 0.717) is 38.8 Å². The number of hydrogen-bond donors (Lipinski definition) is 2. The monoisotopic (exact) mass is 824 g/mol. The van der Waals surface area contributed by atoms with E-state index >= 15 is 0 Å². The summed E-state index contributed by atoms with van der Waals surface area (Å²) >= 11 is 5.71. The number of nitrogens with one attached hydrogen (secondary N) is 2. The Morgan fingerprint density at radius 2 is 1.76 bits per heavy atom. The van der Waals surface area contributed by atoms with Crippen LogP contribution in [0.4, 0.5) is 24.5 Å². The molecule has 17 heteroatoms. The molecular weight excluding hydrogens is 774 g/mol. The molecule has 1 aliphatic carbocycles. The normalized spacial score (nSPS) is 26.3. The number of thiocarbonyl (C=S) groups is 1. The largest absolute Gasteiger partial charge is 0.419 e. The molecule has 3 amide bonds. The second-order valence-corrected chi connectivity index (χ2v) is 16.7. The van der Waals surface area contributed by atoms with Gasteiger partial charge in [-0.2, -0.15) is 18.4 Å². The van der Waals surface area contributed by atoms with Crippen LogP contribution in [0.3, 0.4) is 0 Å². The summed E-state index contributed by atoms with van der Waals surface area (Å²) in [6.07, 6.45) is 1.88. The first-order chi connectivity index (χ1) is 27.5. The Kier molecular flexibility index (Phi) is 13.2. The number of piperazine rings is 1. The molecule has 0 radical (unpaired) electrons. The molecule has 312 valence electrons. The summed E-state index contributed by atoms with van der Waals surface area (Å²) in [6.45, 7) is 11.3. The number of amides is 3. The van der Waals surface area contributed by atoms with Gasteiger partial charge in [0.05, 0.1) is 35.5 Å². The number of carbonyl (C=O) groups is 4. The molecule has 2 aromatic rings. The Bertz CT molecular complexity index is 1900. The predicted octanol–water partition coefficient (Wildman–Crippen LogP) is 5.00. The van der Waals surface area contributed by atoms with Crippen molar-refractivity contribution in [2.75, 3.05) is 43.0 Å². The molecule has 1 aromatic heterocycles. The number of aromatic nitrogens is 1. The highest BCUT2D eigenvalue weighted by Gasteiger charge is 2.53. The molecule has 2 unspecified atom stereocenters. The lowest BCUT2D eigenvalue weighted by atomic mass is 9.89. The number of nitriles is 1. The predicted molar refractivity (Wildman–Crippen MR) is 214 cm³/mol. The standard InChI is InChI=1S/C41H51F3N8O5S/c1-25-22-49(23-26(2)50(25)31(24-53)21-46-28-8-6-27(7-9-28)33-14-15-36(54)48-37(33)55)16-5-17-57-32-12-10-29(11-13-32)52-39(58)51(38(56)40(52,3)4)30-18-34(41(42,43)44)35(19-45)47-20-30/h6-9,18,20,24-26,29,31-33,46H,5,10-17,21-23H2,1-4H3,(H,48,54,55)/t25-,26+,29-,31?,32-,33?. The summed E-state index contributed by atoms with van der Waals surface area (Å²) in [6, 6.07) is 9.69. The zero-order valence-corrected chi connectivity index (χ0v) is 34.1. The van der Waals surface area contributed by atoms with Crippen molar-refractivity contribution in [3.63, 3.8) is 0 Å². The van der Waals surface area contributed by atoms with Gasteiger partial charge in [-0.25, -0.2) is 4.98 Å². The van der Waals surface area contributed by atoms with Gasteiger partial charge in [-0.1, -0.05) is 12.1 Å². The van der Waals surface area contributed by atoms with Crippen LogP contribution in [-0.2, 0) is 30.1 Å². The number of aldehydes is 1. The highest BCUT2D eigenvalue weighted by Crippen LogP contribution is 2.40. The lowest BCUT2D eigenvalue weighted by Gasteiger charge is -2.47. The number of rotatable bonds is 13. The maximum Gasteiger partial charge on any atom is 0.419 e. The van der Waals surface area contributed by atoms with Crippen LogP contribution in [-0.4, -0.2) is 117 Å². The zero-order valence-electron chi connectivity index (χ0n) is 33.3. The van der Waals surface area contributed by atoms with Crippen LogP contribution < -0.4 is 15.5 Å². The first-order valence-corrected chi connectivity index (χ1v) is 20.3. The lowest BCUT2D eigenvalue weighted by Crippen LogP contribution is -2.61. The molecule has 3 aliphatic heterocycles. The van der Waals surface area contributed by atoms with Crippen molar-refractivity contribution in [1.29, 1.82) is 5.26 Å². The van der Waals surface area contributed by atoms with E-state index < -0.39 is 28.9 Å². The molecule has 1 saturated carbocycles. The molecule has 0 bridgehead atoms. The van der Waals surface area contributed by atoms with Crippen LogP contribution in [0.1, 0.15) is 95.4 Å². The van der Waals surface area contributed by atoms with Gasteiger partial charge in [-0.05, 0) is 102 Å². The fourth-order valence-electron chi connectivity index (χ4n) is 9.11. The van der Waals surface area contributed by atoms with Crippen molar-refractivity contribution in [2.24, 2.45) is 0 Å². The van der Waals surface area contributed by atoms with Crippen LogP contribution in [0.2, 0.25) is 0 Å². The summed E-state index contributed by atoms with van der Waals surface area (Å²) in [5, 5.41) is 15.1. The second-order valence-electron chi connectivity index (χ2n) is 16.3. The van der Waals surface area contributed by atoms with Crippen LogP contribution in [0.5, 0.6) is 0 Å². The molecule has 6 rings (SSSR count). The smallest absolute Gasteiger partial charge is 0.383 e. The molecule has 1 aromatic carbocycles. The number of piperidine rings is 1. The lowest BCUT2D eigenvalue weighted by molar-refractivity contribution is -0.138. The average Bonchev–Trinajstić information content (AvgIpc) is 3.36. The van der Waals surface area contributed by atoms with Crippen molar-refractivity contribution in [3.8, 4) is 6.07 Å². The number of nitrogens with zero attached hydrogens (tertiary/aromatic N) is 6. The third-order valence-corrected chi connectivity index (χ3v) is 12.3. The van der Waals surface area contributed by atoms with Gasteiger partial charge < -0.3 is 24.6 Å². The van der Waals surface area contributed by atoms with E-state index in [4.69, 9.17) is 22.2 Å². The van der Waals surface area contributed by atoms with E-state index in [1.807, 2.05) is 29.2 Å². The van der Waals surface area contributed by atoms with Gasteiger partial charge in [-0.15, -0.1) is 0 Å². The third kappa shape index (κ3) is 9.20. The highest BCUT2D eigenvalue weighted by atomic mass is 32.1. The number of anilines is 2. The average molecular weight is 825 g/mol. The van der Waals surface area contributed by atoms with Crippen molar-refractivity contribution in [1.82, 2.24) is 25.0 Å². The number of imide groups is 1. The summed E-state index contributed by atoms with van der Waals surface area (Å²) < 4.78 is 47.4. The highest BCUT2D eigenvalue weighted by molar-refractivity contribution is 7.80. The molecule has 3 saturated heterocycles. The van der Waals surface area contributed by atoms with Gasteiger partial charge in [0.1, 0.15) is 17.9 Å². The van der Waals surface area contributed by atoms with Crippen LogP contribution >= 0.6 is 12.2 Å². The second kappa shape index (κ2) is 17.8. The SMILES string of the molecule is C[C@@H]1CN(CCCO[C@H]2CC[C@H](N3C(=S)N(c4cnc(C#N)c(C(F)(F)F)c4)C(=O)C3(C)C)CC2)C[C@H](C)N1C(C=O)CNc1ccc(C2CCC(=O)NC2=O)cc1. The molecule has 2 N–H and O–H groups in total. The molecule has 0 spiro atoms. The van der Waals surface area contributed by atoms with Crippen LogP contribution in [0.25, 0.3) is 0 Å². The Morgan fingerprint density at radius 1 is 1.09 bits per heavy atom. The summed E-state index contributed by atoms with van der Waals surface area (Å²) in [5.74, 6) is -1.30. The van der Waals surface area contributed by atoms with E-state index in [1.54, 1.807) is 13.8 Å². The first-order valence-electron chi connectivity index (χ1n) is 19.9. The number of benzene rings is 1. The number of halogens is 3. The van der Waals surface area contributed by atoms with Gasteiger partial charge in [0.2, 0.25) is 11.8 Å². The summed E-state index contributed by atoms with van der Waals surface area (Å²) in [7, 11) is 0. The number of hydrogen-bond acceptors (Lipinski definition) is 11. The molecule has 4 fully saturated rings. The summed E-state index contributed by atoms with van der Waals surface area (Å²) in [5.41, 5.74) is -1.48. The Balaban J connectivity index is 0.932. The van der Waals surface area contributed by atoms with E-state index in [2.05, 4.69) is 39.3 Å². The molecule has 4 atom stereocenters. The molecule has 58 heavy (non-hydrogen) atoms. The van der Waals surface area contributed by atoms with Crippen molar-refractivity contribution in [2.45, 2.75) is 121 Å². The Labute approximate surface area is 342 Å². The molecule has 13 nitrogen and oxygen atoms in total.